The highest BCUT2D eigenvalue weighted by molar-refractivity contribution is 6.06. The van der Waals surface area contributed by atoms with Crippen molar-refractivity contribution in [3.05, 3.63) is 66.5 Å². The first kappa shape index (κ1) is 13.8. The second kappa shape index (κ2) is 5.39. The van der Waals surface area contributed by atoms with E-state index >= 15 is 0 Å². The maximum Gasteiger partial charge on any atom is 0.152 e. The Bertz CT molecular complexity index is 973. The standard InChI is InChI=1S/C19H18N4/c1-13(11-14-7-3-2-4-8-14)23-12-21-17-18(23)15-9-5-6-10-16(15)22-19(17)20/h2-10,12-13H,11H2,1H3,(H2,20,22)/t13-/m1/s1. The van der Waals surface area contributed by atoms with Gasteiger partial charge in [0.15, 0.2) is 5.82 Å². The average molecular weight is 302 g/mol. The van der Waals surface area contributed by atoms with Gasteiger partial charge in [-0.3, -0.25) is 0 Å². The van der Waals surface area contributed by atoms with Gasteiger partial charge in [-0.15, -0.1) is 0 Å². The summed E-state index contributed by atoms with van der Waals surface area (Å²) in [5.41, 5.74) is 10.2. The van der Waals surface area contributed by atoms with E-state index in [-0.39, 0.29) is 6.04 Å². The SMILES string of the molecule is C[C@H](Cc1ccccc1)n1cnc2c(N)nc3ccccc3c21. The molecule has 4 aromatic rings. The summed E-state index contributed by atoms with van der Waals surface area (Å²) in [5.74, 6) is 0.490. The summed E-state index contributed by atoms with van der Waals surface area (Å²) in [5, 5.41) is 1.09. The predicted octanol–water partition coefficient (Wildman–Crippen LogP) is 3.97. The minimum absolute atomic E-state index is 0.285. The summed E-state index contributed by atoms with van der Waals surface area (Å²) in [6, 6.07) is 18.9. The van der Waals surface area contributed by atoms with E-state index in [0.29, 0.717) is 5.82 Å². The first-order valence-corrected chi connectivity index (χ1v) is 7.78. The highest BCUT2D eigenvalue weighted by atomic mass is 15.1. The number of anilines is 1. The van der Waals surface area contributed by atoms with Crippen LogP contribution in [-0.4, -0.2) is 14.5 Å². The molecular weight excluding hydrogens is 284 g/mol. The maximum absolute atomic E-state index is 6.10. The summed E-state index contributed by atoms with van der Waals surface area (Å²) < 4.78 is 2.21. The minimum Gasteiger partial charge on any atom is -0.382 e. The number of nitrogen functional groups attached to an aromatic ring is 1. The molecule has 2 aromatic carbocycles. The van der Waals surface area contributed by atoms with Crippen LogP contribution in [0, 0.1) is 0 Å². The highest BCUT2D eigenvalue weighted by Gasteiger charge is 2.15. The third kappa shape index (κ3) is 2.32. The van der Waals surface area contributed by atoms with Crippen LogP contribution in [0.15, 0.2) is 60.9 Å². The van der Waals surface area contributed by atoms with Crippen molar-refractivity contribution >= 4 is 27.8 Å². The third-order valence-corrected chi connectivity index (χ3v) is 4.29. The van der Waals surface area contributed by atoms with Crippen molar-refractivity contribution in [3.63, 3.8) is 0 Å². The Balaban J connectivity index is 1.87. The van der Waals surface area contributed by atoms with E-state index in [1.54, 1.807) is 0 Å². The van der Waals surface area contributed by atoms with E-state index in [2.05, 4.69) is 51.8 Å². The number of pyridine rings is 1. The van der Waals surface area contributed by atoms with Gasteiger partial charge in [0.25, 0.3) is 0 Å². The molecular formula is C19H18N4. The molecule has 114 valence electrons. The normalized spacial score (nSPS) is 12.7. The smallest absolute Gasteiger partial charge is 0.152 e. The predicted molar refractivity (Wildman–Crippen MR) is 94.3 cm³/mol. The van der Waals surface area contributed by atoms with Gasteiger partial charge in [-0.05, 0) is 25.0 Å². The fraction of sp³-hybridized carbons (Fsp3) is 0.158. The molecule has 0 radical (unpaired) electrons. The molecule has 4 rings (SSSR count). The second-order valence-electron chi connectivity index (χ2n) is 5.90. The van der Waals surface area contributed by atoms with E-state index in [0.717, 1.165) is 28.4 Å². The topological polar surface area (TPSA) is 56.7 Å². The summed E-state index contributed by atoms with van der Waals surface area (Å²) in [7, 11) is 0. The molecule has 1 atom stereocenters. The van der Waals surface area contributed by atoms with Gasteiger partial charge in [0, 0.05) is 11.4 Å². The van der Waals surface area contributed by atoms with Gasteiger partial charge in [0.1, 0.15) is 5.52 Å². The molecule has 2 N–H and O–H groups in total. The molecule has 0 spiro atoms. The average Bonchev–Trinajstić information content (AvgIpc) is 3.02. The van der Waals surface area contributed by atoms with Crippen molar-refractivity contribution in [1.82, 2.24) is 14.5 Å². The molecule has 0 fully saturated rings. The summed E-state index contributed by atoms with van der Waals surface area (Å²) >= 11 is 0. The van der Waals surface area contributed by atoms with E-state index in [1.165, 1.54) is 5.56 Å². The van der Waals surface area contributed by atoms with Crippen LogP contribution in [0.4, 0.5) is 5.82 Å². The first-order chi connectivity index (χ1) is 11.2. The lowest BCUT2D eigenvalue weighted by Crippen LogP contribution is -2.07. The van der Waals surface area contributed by atoms with E-state index in [4.69, 9.17) is 5.73 Å². The lowest BCUT2D eigenvalue weighted by Gasteiger charge is -2.15. The zero-order chi connectivity index (χ0) is 15.8. The fourth-order valence-electron chi connectivity index (χ4n) is 3.16. The Morgan fingerprint density at radius 2 is 1.78 bits per heavy atom. The lowest BCUT2D eigenvalue weighted by atomic mass is 10.1. The number of benzene rings is 2. The molecule has 0 unspecified atom stereocenters. The van der Waals surface area contributed by atoms with Gasteiger partial charge in [0.05, 0.1) is 17.4 Å². The molecule has 4 heteroatoms. The summed E-state index contributed by atoms with van der Waals surface area (Å²) in [4.78, 5) is 8.97. The van der Waals surface area contributed by atoms with Crippen LogP contribution in [0.1, 0.15) is 18.5 Å². The molecule has 4 nitrogen and oxygen atoms in total. The monoisotopic (exact) mass is 302 g/mol. The number of aromatic nitrogens is 3. The second-order valence-corrected chi connectivity index (χ2v) is 5.90. The van der Waals surface area contributed by atoms with Crippen molar-refractivity contribution in [2.45, 2.75) is 19.4 Å². The maximum atomic E-state index is 6.10. The summed E-state index contributed by atoms with van der Waals surface area (Å²) in [6.07, 6.45) is 2.83. The molecule has 0 amide bonds. The Morgan fingerprint density at radius 3 is 2.61 bits per heavy atom. The van der Waals surface area contributed by atoms with Crippen molar-refractivity contribution < 1.29 is 0 Å². The van der Waals surface area contributed by atoms with Crippen molar-refractivity contribution in [2.75, 3.05) is 5.73 Å². The molecule has 0 aliphatic heterocycles. The van der Waals surface area contributed by atoms with Crippen LogP contribution >= 0.6 is 0 Å². The van der Waals surface area contributed by atoms with Crippen LogP contribution in [-0.2, 0) is 6.42 Å². The van der Waals surface area contributed by atoms with Crippen molar-refractivity contribution in [1.29, 1.82) is 0 Å². The van der Waals surface area contributed by atoms with Crippen molar-refractivity contribution in [3.8, 4) is 0 Å². The van der Waals surface area contributed by atoms with E-state index in [9.17, 15) is 0 Å². The van der Waals surface area contributed by atoms with Crippen LogP contribution in [0.5, 0.6) is 0 Å². The Morgan fingerprint density at radius 1 is 1.04 bits per heavy atom. The Kier molecular flexibility index (Phi) is 3.23. The van der Waals surface area contributed by atoms with Crippen LogP contribution in [0.3, 0.4) is 0 Å². The lowest BCUT2D eigenvalue weighted by molar-refractivity contribution is 0.560. The number of imidazole rings is 1. The Hall–Kier alpha value is -2.88. The van der Waals surface area contributed by atoms with Crippen LogP contribution in [0.25, 0.3) is 21.9 Å². The number of nitrogens with two attached hydrogens (primary N) is 1. The quantitative estimate of drug-likeness (QED) is 0.623. The summed E-state index contributed by atoms with van der Waals surface area (Å²) in [6.45, 7) is 2.21. The van der Waals surface area contributed by atoms with Gasteiger partial charge >= 0.3 is 0 Å². The van der Waals surface area contributed by atoms with Crippen LogP contribution in [0.2, 0.25) is 0 Å². The van der Waals surface area contributed by atoms with E-state index in [1.807, 2.05) is 30.6 Å². The third-order valence-electron chi connectivity index (χ3n) is 4.29. The molecule has 23 heavy (non-hydrogen) atoms. The van der Waals surface area contributed by atoms with E-state index < -0.39 is 0 Å². The largest absolute Gasteiger partial charge is 0.382 e. The zero-order valence-electron chi connectivity index (χ0n) is 13.0. The number of hydrogen-bond acceptors (Lipinski definition) is 3. The Labute approximate surface area is 134 Å². The molecule has 2 heterocycles. The molecule has 0 aliphatic carbocycles. The van der Waals surface area contributed by atoms with Crippen LogP contribution < -0.4 is 5.73 Å². The minimum atomic E-state index is 0.285. The van der Waals surface area contributed by atoms with Gasteiger partial charge in [-0.2, -0.15) is 0 Å². The molecule has 0 aliphatic rings. The van der Waals surface area contributed by atoms with Gasteiger partial charge in [-0.1, -0.05) is 48.5 Å². The molecule has 0 saturated heterocycles. The van der Waals surface area contributed by atoms with Gasteiger partial charge in [0.2, 0.25) is 0 Å². The number of para-hydroxylation sites is 1. The number of fused-ring (bicyclic) bond motifs is 3. The highest BCUT2D eigenvalue weighted by Crippen LogP contribution is 2.29. The molecule has 2 aromatic heterocycles. The fourth-order valence-corrected chi connectivity index (χ4v) is 3.16. The number of hydrogen-bond donors (Lipinski definition) is 1. The van der Waals surface area contributed by atoms with Gasteiger partial charge < -0.3 is 10.3 Å². The van der Waals surface area contributed by atoms with Gasteiger partial charge in [-0.25, -0.2) is 9.97 Å². The molecule has 0 bridgehead atoms. The first-order valence-electron chi connectivity index (χ1n) is 7.78. The zero-order valence-corrected chi connectivity index (χ0v) is 13.0. The number of rotatable bonds is 3. The number of nitrogens with zero attached hydrogens (tertiary/aromatic N) is 3. The molecule has 0 saturated carbocycles. The van der Waals surface area contributed by atoms with Crippen molar-refractivity contribution in [2.24, 2.45) is 0 Å².